The average Bonchev–Trinajstić information content (AvgIpc) is 3.07. The lowest BCUT2D eigenvalue weighted by Crippen LogP contribution is -2.31. The van der Waals surface area contributed by atoms with Gasteiger partial charge in [0, 0.05) is 23.4 Å². The van der Waals surface area contributed by atoms with Gasteiger partial charge in [0.2, 0.25) is 11.1 Å². The molecule has 0 amide bonds. The van der Waals surface area contributed by atoms with E-state index in [0.29, 0.717) is 17.5 Å². The van der Waals surface area contributed by atoms with Gasteiger partial charge in [-0.1, -0.05) is 30.0 Å². The molecule has 0 bridgehead atoms. The number of carbonyl (C=O) groups excluding carboxylic acids is 1. The van der Waals surface area contributed by atoms with Crippen molar-refractivity contribution >= 4 is 23.5 Å². The van der Waals surface area contributed by atoms with Crippen LogP contribution in [0.2, 0.25) is 0 Å². The Morgan fingerprint density at radius 3 is 2.92 bits per heavy atom. The van der Waals surface area contributed by atoms with E-state index in [2.05, 4.69) is 22.0 Å². The summed E-state index contributed by atoms with van der Waals surface area (Å²) in [5, 5.41) is 8.67. The van der Waals surface area contributed by atoms with Gasteiger partial charge in [0.05, 0.1) is 7.11 Å². The van der Waals surface area contributed by atoms with Crippen LogP contribution in [-0.4, -0.2) is 33.4 Å². The van der Waals surface area contributed by atoms with E-state index in [4.69, 9.17) is 4.74 Å². The van der Waals surface area contributed by atoms with E-state index in [0.717, 1.165) is 41.2 Å². The number of nitrogens with one attached hydrogen (secondary N) is 1. The molecule has 0 saturated heterocycles. The minimum atomic E-state index is -0.259. The lowest BCUT2D eigenvalue weighted by molar-refractivity contribution is -0.116. The zero-order valence-corrected chi connectivity index (χ0v) is 15.4. The number of benzene rings is 1. The van der Waals surface area contributed by atoms with Crippen LogP contribution in [0.5, 0.6) is 5.75 Å². The number of allylic oxidation sites excluding steroid dienone is 2. The number of rotatable bonds is 5. The van der Waals surface area contributed by atoms with Crippen molar-refractivity contribution < 1.29 is 9.53 Å². The molecule has 0 fully saturated rings. The molecule has 4 rings (SSSR count). The number of fused-ring (bicyclic) bond motifs is 1. The first-order valence-corrected chi connectivity index (χ1v) is 9.57. The van der Waals surface area contributed by atoms with Crippen molar-refractivity contribution in [2.75, 3.05) is 18.2 Å². The number of ether oxygens (including phenoxy) is 1. The van der Waals surface area contributed by atoms with Crippen LogP contribution < -0.4 is 10.1 Å². The smallest absolute Gasteiger partial charge is 0.227 e. The molecule has 1 aliphatic heterocycles. The molecule has 134 valence electrons. The minimum Gasteiger partial charge on any atom is -0.497 e. The van der Waals surface area contributed by atoms with Gasteiger partial charge in [-0.3, -0.25) is 4.79 Å². The molecule has 7 heteroatoms. The van der Waals surface area contributed by atoms with Crippen molar-refractivity contribution in [3.8, 4) is 5.75 Å². The van der Waals surface area contributed by atoms with E-state index >= 15 is 0 Å². The molecular weight excluding hydrogens is 348 g/mol. The molecule has 2 aliphatic rings. The van der Waals surface area contributed by atoms with E-state index in [9.17, 15) is 4.79 Å². The second-order valence-corrected chi connectivity index (χ2v) is 7.22. The van der Waals surface area contributed by atoms with Crippen molar-refractivity contribution in [3.05, 3.63) is 53.8 Å². The molecule has 0 radical (unpaired) electrons. The molecule has 0 unspecified atom stereocenters. The van der Waals surface area contributed by atoms with Crippen LogP contribution in [0.15, 0.2) is 53.3 Å². The predicted molar refractivity (Wildman–Crippen MR) is 102 cm³/mol. The van der Waals surface area contributed by atoms with Gasteiger partial charge in [0.25, 0.3) is 0 Å². The van der Waals surface area contributed by atoms with Gasteiger partial charge < -0.3 is 10.1 Å². The van der Waals surface area contributed by atoms with Crippen LogP contribution in [0.1, 0.15) is 30.9 Å². The third-order valence-electron chi connectivity index (χ3n) is 4.61. The fourth-order valence-corrected chi connectivity index (χ4v) is 3.99. The molecule has 26 heavy (non-hydrogen) atoms. The lowest BCUT2D eigenvalue weighted by Gasteiger charge is -2.32. The number of nitrogens with zero attached hydrogens (tertiary/aromatic N) is 3. The zero-order valence-electron chi connectivity index (χ0n) is 14.6. The van der Waals surface area contributed by atoms with Crippen LogP contribution in [0, 0.1) is 0 Å². The van der Waals surface area contributed by atoms with Gasteiger partial charge in [0.1, 0.15) is 11.8 Å². The van der Waals surface area contributed by atoms with E-state index in [1.807, 2.05) is 35.0 Å². The summed E-state index contributed by atoms with van der Waals surface area (Å²) >= 11 is 1.53. The van der Waals surface area contributed by atoms with Gasteiger partial charge in [-0.15, -0.1) is 11.7 Å². The number of Topliss-reactive ketones (excluding diaryl/α,β-unsaturated/α-hetero) is 1. The van der Waals surface area contributed by atoms with E-state index in [1.54, 1.807) is 7.11 Å². The Hall–Kier alpha value is -2.54. The fraction of sp³-hybridized carbons (Fsp3) is 0.316. The summed E-state index contributed by atoms with van der Waals surface area (Å²) in [6.45, 7) is 3.74. The van der Waals surface area contributed by atoms with E-state index < -0.39 is 0 Å². The molecule has 2 aromatic rings. The maximum atomic E-state index is 12.7. The average molecular weight is 368 g/mol. The quantitative estimate of drug-likeness (QED) is 0.642. The van der Waals surface area contributed by atoms with Crippen molar-refractivity contribution in [3.63, 3.8) is 0 Å². The minimum absolute atomic E-state index is 0.181. The van der Waals surface area contributed by atoms with Gasteiger partial charge in [-0.2, -0.15) is 4.98 Å². The van der Waals surface area contributed by atoms with Crippen LogP contribution in [0.4, 0.5) is 5.95 Å². The standard InChI is InChI=1S/C19H20N4O2S/c1-3-11-26-19-21-18-20-14-5-4-6-15(24)16(14)17(23(18)22-19)12-7-9-13(25-2)10-8-12/h3,7-10,17H,1,4-6,11H2,2H3,(H,20,21,22)/t17-/m1/s1. The number of hydrogen-bond donors (Lipinski definition) is 1. The fourth-order valence-electron chi connectivity index (χ4n) is 3.43. The summed E-state index contributed by atoms with van der Waals surface area (Å²) in [5.74, 6) is 2.39. The highest BCUT2D eigenvalue weighted by atomic mass is 32.2. The summed E-state index contributed by atoms with van der Waals surface area (Å²) in [6.07, 6.45) is 4.13. The second-order valence-electron chi connectivity index (χ2n) is 6.23. The lowest BCUT2D eigenvalue weighted by atomic mass is 9.85. The Balaban J connectivity index is 1.81. The van der Waals surface area contributed by atoms with Crippen molar-refractivity contribution in [2.24, 2.45) is 0 Å². The highest BCUT2D eigenvalue weighted by Crippen LogP contribution is 2.40. The highest BCUT2D eigenvalue weighted by Gasteiger charge is 2.36. The predicted octanol–water partition coefficient (Wildman–Crippen LogP) is 3.59. The molecule has 1 aromatic carbocycles. The first-order chi connectivity index (χ1) is 12.7. The van der Waals surface area contributed by atoms with Crippen LogP contribution in [0.3, 0.4) is 0 Å². The Bertz CT molecular complexity index is 885. The monoisotopic (exact) mass is 368 g/mol. The molecule has 1 aromatic heterocycles. The maximum Gasteiger partial charge on any atom is 0.227 e. The molecule has 0 saturated carbocycles. The third-order valence-corrected chi connectivity index (χ3v) is 5.44. The number of anilines is 1. The summed E-state index contributed by atoms with van der Waals surface area (Å²) in [6, 6.07) is 7.54. The number of thioether (sulfide) groups is 1. The zero-order chi connectivity index (χ0) is 18.1. The van der Waals surface area contributed by atoms with Crippen LogP contribution in [-0.2, 0) is 4.79 Å². The van der Waals surface area contributed by atoms with Gasteiger partial charge in [0.15, 0.2) is 5.78 Å². The van der Waals surface area contributed by atoms with E-state index in [1.165, 1.54) is 11.8 Å². The first-order valence-electron chi connectivity index (χ1n) is 8.58. The van der Waals surface area contributed by atoms with Crippen molar-refractivity contribution in [1.82, 2.24) is 14.8 Å². The molecule has 1 N–H and O–H groups in total. The Morgan fingerprint density at radius 1 is 1.38 bits per heavy atom. The number of carbonyl (C=O) groups is 1. The Kier molecular flexibility index (Phi) is 4.55. The molecular formula is C19H20N4O2S. The first kappa shape index (κ1) is 16.9. The van der Waals surface area contributed by atoms with E-state index in [-0.39, 0.29) is 11.8 Å². The topological polar surface area (TPSA) is 69.0 Å². The maximum absolute atomic E-state index is 12.7. The summed E-state index contributed by atoms with van der Waals surface area (Å²) in [4.78, 5) is 17.3. The summed E-state index contributed by atoms with van der Waals surface area (Å²) in [7, 11) is 1.64. The second kappa shape index (κ2) is 6.99. The molecule has 2 heterocycles. The normalized spacial score (nSPS) is 18.8. The number of methoxy groups -OCH3 is 1. The highest BCUT2D eigenvalue weighted by molar-refractivity contribution is 7.99. The van der Waals surface area contributed by atoms with Gasteiger partial charge in [-0.05, 0) is 30.5 Å². The largest absolute Gasteiger partial charge is 0.497 e. The SMILES string of the molecule is C=CCSc1nc2n(n1)[C@H](c1ccc(OC)cc1)C1=C(CCCC1=O)N2. The number of aromatic nitrogens is 3. The summed E-state index contributed by atoms with van der Waals surface area (Å²) in [5.41, 5.74) is 2.78. The molecule has 0 spiro atoms. The van der Waals surface area contributed by atoms with Crippen LogP contribution >= 0.6 is 11.8 Å². The van der Waals surface area contributed by atoms with Crippen molar-refractivity contribution in [1.29, 1.82) is 0 Å². The molecule has 1 atom stereocenters. The van der Waals surface area contributed by atoms with Gasteiger partial charge in [-0.25, -0.2) is 4.68 Å². The molecule has 1 aliphatic carbocycles. The Morgan fingerprint density at radius 2 is 2.19 bits per heavy atom. The number of hydrogen-bond acceptors (Lipinski definition) is 6. The Labute approximate surface area is 156 Å². The van der Waals surface area contributed by atoms with Crippen LogP contribution in [0.25, 0.3) is 0 Å². The van der Waals surface area contributed by atoms with Gasteiger partial charge >= 0.3 is 0 Å². The third kappa shape index (κ3) is 2.92. The number of ketones is 1. The summed E-state index contributed by atoms with van der Waals surface area (Å²) < 4.78 is 7.09. The molecule has 6 nitrogen and oxygen atoms in total. The van der Waals surface area contributed by atoms with Crippen molar-refractivity contribution in [2.45, 2.75) is 30.5 Å².